The van der Waals surface area contributed by atoms with Gasteiger partial charge < -0.3 is 19.1 Å². The fraction of sp³-hybridized carbons (Fsp3) is 0.562. The molecule has 0 aromatic heterocycles. The molecule has 1 atom stereocenters. The molecule has 0 fully saturated rings. The summed E-state index contributed by atoms with van der Waals surface area (Å²) in [5, 5.41) is 0. The topological polar surface area (TPSA) is 48.0 Å². The number of benzene rings is 1. The van der Waals surface area contributed by atoms with Crippen molar-refractivity contribution in [2.45, 2.75) is 19.4 Å². The van der Waals surface area contributed by atoms with Crippen LogP contribution in [0.2, 0.25) is 0 Å². The Kier molecular flexibility index (Phi) is 7.79. The molecule has 1 aromatic carbocycles. The first-order valence-electron chi connectivity index (χ1n) is 7.06. The highest BCUT2D eigenvalue weighted by Crippen LogP contribution is 2.22. The Balaban J connectivity index is 2.44. The van der Waals surface area contributed by atoms with Crippen molar-refractivity contribution < 1.29 is 19.0 Å². The molecule has 0 aliphatic carbocycles. The molecule has 0 aliphatic heterocycles. The summed E-state index contributed by atoms with van der Waals surface area (Å²) in [6, 6.07) is 7.77. The minimum absolute atomic E-state index is 0.0161. The van der Waals surface area contributed by atoms with Crippen LogP contribution in [0.5, 0.6) is 5.75 Å². The molecule has 118 valence electrons. The van der Waals surface area contributed by atoms with Gasteiger partial charge in [0.15, 0.2) is 0 Å². The van der Waals surface area contributed by atoms with Gasteiger partial charge in [0, 0.05) is 14.2 Å². The van der Waals surface area contributed by atoms with Gasteiger partial charge in [-0.1, -0.05) is 12.1 Å². The third kappa shape index (κ3) is 5.73. The van der Waals surface area contributed by atoms with Crippen molar-refractivity contribution in [1.82, 2.24) is 4.90 Å². The number of carbonyl (C=O) groups excluding carboxylic acids is 1. The van der Waals surface area contributed by atoms with E-state index in [9.17, 15) is 4.79 Å². The molecule has 1 amide bonds. The van der Waals surface area contributed by atoms with Crippen molar-refractivity contribution >= 4 is 5.91 Å². The summed E-state index contributed by atoms with van der Waals surface area (Å²) in [6.07, 6.45) is 0.376. The summed E-state index contributed by atoms with van der Waals surface area (Å²) in [7, 11) is 5.07. The van der Waals surface area contributed by atoms with Crippen molar-refractivity contribution in [3.8, 4) is 5.75 Å². The SMILES string of the molecule is COCCOCCC(=O)N(C)[C@H](C)c1ccc(OC)cc1. The minimum atomic E-state index is 0.0161. The van der Waals surface area contributed by atoms with Gasteiger partial charge in [-0.2, -0.15) is 0 Å². The fourth-order valence-electron chi connectivity index (χ4n) is 1.90. The summed E-state index contributed by atoms with van der Waals surface area (Å²) < 4.78 is 15.3. The number of hydrogen-bond acceptors (Lipinski definition) is 4. The van der Waals surface area contributed by atoms with Crippen molar-refractivity contribution in [2.75, 3.05) is 41.1 Å². The zero-order valence-electron chi connectivity index (χ0n) is 13.3. The summed E-state index contributed by atoms with van der Waals surface area (Å²) in [5.74, 6) is 0.877. The number of carbonyl (C=O) groups is 1. The lowest BCUT2D eigenvalue weighted by molar-refractivity contribution is -0.133. The smallest absolute Gasteiger partial charge is 0.225 e. The number of methoxy groups -OCH3 is 2. The summed E-state index contributed by atoms with van der Waals surface area (Å²) in [6.45, 7) is 3.49. The normalized spacial score (nSPS) is 12.0. The Bertz CT molecular complexity index is 419. The van der Waals surface area contributed by atoms with Crippen LogP contribution >= 0.6 is 0 Å². The van der Waals surface area contributed by atoms with Gasteiger partial charge >= 0.3 is 0 Å². The van der Waals surface area contributed by atoms with Gasteiger partial charge in [0.1, 0.15) is 5.75 Å². The molecule has 0 spiro atoms. The second kappa shape index (κ2) is 9.37. The molecule has 0 saturated heterocycles. The largest absolute Gasteiger partial charge is 0.497 e. The van der Waals surface area contributed by atoms with Gasteiger partial charge in [-0.3, -0.25) is 4.79 Å². The molecule has 1 rings (SSSR count). The summed E-state index contributed by atoms with van der Waals surface area (Å²) in [5.41, 5.74) is 1.08. The minimum Gasteiger partial charge on any atom is -0.497 e. The van der Waals surface area contributed by atoms with E-state index in [-0.39, 0.29) is 11.9 Å². The van der Waals surface area contributed by atoms with E-state index in [1.165, 1.54) is 0 Å². The molecule has 0 N–H and O–H groups in total. The van der Waals surface area contributed by atoms with Crippen LogP contribution in [0.1, 0.15) is 24.9 Å². The zero-order chi connectivity index (χ0) is 15.7. The maximum Gasteiger partial charge on any atom is 0.225 e. The van der Waals surface area contributed by atoms with Gasteiger partial charge in [0.05, 0.1) is 39.4 Å². The molecule has 1 aromatic rings. The van der Waals surface area contributed by atoms with Crippen LogP contribution in [0.25, 0.3) is 0 Å². The number of rotatable bonds is 9. The maximum absolute atomic E-state index is 12.1. The van der Waals surface area contributed by atoms with Gasteiger partial charge in [-0.25, -0.2) is 0 Å². The first kappa shape index (κ1) is 17.5. The molecular formula is C16H25NO4. The molecule has 5 heteroatoms. The van der Waals surface area contributed by atoms with E-state index >= 15 is 0 Å². The molecule has 21 heavy (non-hydrogen) atoms. The van der Waals surface area contributed by atoms with Crippen LogP contribution in [0.3, 0.4) is 0 Å². The van der Waals surface area contributed by atoms with Gasteiger partial charge in [-0.15, -0.1) is 0 Å². The lowest BCUT2D eigenvalue weighted by Crippen LogP contribution is -2.30. The number of amides is 1. The zero-order valence-corrected chi connectivity index (χ0v) is 13.3. The first-order chi connectivity index (χ1) is 10.1. The Morgan fingerprint density at radius 3 is 2.38 bits per heavy atom. The number of ether oxygens (including phenoxy) is 3. The molecule has 0 aliphatic rings. The highest BCUT2D eigenvalue weighted by atomic mass is 16.5. The predicted octanol–water partition coefficient (Wildman–Crippen LogP) is 2.27. The molecular weight excluding hydrogens is 270 g/mol. The monoisotopic (exact) mass is 295 g/mol. The van der Waals surface area contributed by atoms with Gasteiger partial charge in [-0.05, 0) is 24.6 Å². The van der Waals surface area contributed by atoms with Crippen molar-refractivity contribution in [3.05, 3.63) is 29.8 Å². The average Bonchev–Trinajstić information content (AvgIpc) is 2.53. The highest BCUT2D eigenvalue weighted by Gasteiger charge is 2.17. The van der Waals surface area contributed by atoms with Crippen LogP contribution in [0, 0.1) is 0 Å². The van der Waals surface area contributed by atoms with Crippen molar-refractivity contribution in [2.24, 2.45) is 0 Å². The average molecular weight is 295 g/mol. The molecule has 0 radical (unpaired) electrons. The van der Waals surface area contributed by atoms with E-state index in [0.29, 0.717) is 26.2 Å². The number of nitrogens with zero attached hydrogens (tertiary/aromatic N) is 1. The third-order valence-electron chi connectivity index (χ3n) is 3.46. The van der Waals surface area contributed by atoms with Crippen molar-refractivity contribution in [3.63, 3.8) is 0 Å². The third-order valence-corrected chi connectivity index (χ3v) is 3.46. The standard InChI is InChI=1S/C16H25NO4/c1-13(14-5-7-15(20-4)8-6-14)17(2)16(18)9-10-21-12-11-19-3/h5-8,13H,9-12H2,1-4H3/t13-/m1/s1. The van der Waals surface area contributed by atoms with Crippen LogP contribution in [-0.2, 0) is 14.3 Å². The van der Waals surface area contributed by atoms with Crippen LogP contribution < -0.4 is 4.74 Å². The molecule has 0 bridgehead atoms. The van der Waals surface area contributed by atoms with E-state index in [4.69, 9.17) is 14.2 Å². The van der Waals surface area contributed by atoms with E-state index in [0.717, 1.165) is 11.3 Å². The molecule has 5 nitrogen and oxygen atoms in total. The Labute approximate surface area is 126 Å². The Morgan fingerprint density at radius 2 is 1.81 bits per heavy atom. The van der Waals surface area contributed by atoms with Gasteiger partial charge in [0.2, 0.25) is 5.91 Å². The van der Waals surface area contributed by atoms with Crippen molar-refractivity contribution in [1.29, 1.82) is 0 Å². The predicted molar refractivity (Wildman–Crippen MR) is 81.5 cm³/mol. The van der Waals surface area contributed by atoms with Gasteiger partial charge in [0.25, 0.3) is 0 Å². The molecule has 0 unspecified atom stereocenters. The van der Waals surface area contributed by atoms with Crippen LogP contribution in [-0.4, -0.2) is 51.9 Å². The maximum atomic E-state index is 12.1. The Morgan fingerprint density at radius 1 is 1.14 bits per heavy atom. The number of hydrogen-bond donors (Lipinski definition) is 0. The summed E-state index contributed by atoms with van der Waals surface area (Å²) >= 11 is 0. The van der Waals surface area contributed by atoms with E-state index < -0.39 is 0 Å². The molecule has 0 saturated carbocycles. The highest BCUT2D eigenvalue weighted by molar-refractivity contribution is 5.76. The van der Waals surface area contributed by atoms with Crippen LogP contribution in [0.15, 0.2) is 24.3 Å². The van der Waals surface area contributed by atoms with E-state index in [1.54, 1.807) is 19.1 Å². The second-order valence-electron chi connectivity index (χ2n) is 4.81. The lowest BCUT2D eigenvalue weighted by Gasteiger charge is -2.25. The first-order valence-corrected chi connectivity index (χ1v) is 7.06. The lowest BCUT2D eigenvalue weighted by atomic mass is 10.1. The van der Waals surface area contributed by atoms with E-state index in [1.807, 2.05) is 38.2 Å². The summed E-state index contributed by atoms with van der Waals surface area (Å²) in [4.78, 5) is 13.8. The Hall–Kier alpha value is -1.59. The second-order valence-corrected chi connectivity index (χ2v) is 4.81. The quantitative estimate of drug-likeness (QED) is 0.656. The van der Waals surface area contributed by atoms with E-state index in [2.05, 4.69) is 0 Å². The van der Waals surface area contributed by atoms with Crippen LogP contribution in [0.4, 0.5) is 0 Å². The molecule has 0 heterocycles. The fourth-order valence-corrected chi connectivity index (χ4v) is 1.90.